The Bertz CT molecular complexity index is 656. The number of benzene rings is 2. The standard InChI is InChI=1S/C18H21BrN2O2/c1-21(2)16(15-6-4-5-7-17(15)23-3)12-20-18(22)13-8-10-14(19)11-9-13/h4-11,16H,12H2,1-3H3,(H,20,22)/t16-/m1/s1. The zero-order valence-electron chi connectivity index (χ0n) is 13.5. The first-order valence-electron chi connectivity index (χ1n) is 7.36. The van der Waals surface area contributed by atoms with Crippen molar-refractivity contribution in [1.82, 2.24) is 10.2 Å². The highest BCUT2D eigenvalue weighted by atomic mass is 79.9. The van der Waals surface area contributed by atoms with E-state index >= 15 is 0 Å². The largest absolute Gasteiger partial charge is 0.496 e. The van der Waals surface area contributed by atoms with Crippen molar-refractivity contribution in [1.29, 1.82) is 0 Å². The number of carbonyl (C=O) groups is 1. The first kappa shape index (κ1) is 17.5. The molecule has 5 heteroatoms. The van der Waals surface area contributed by atoms with Gasteiger partial charge in [-0.05, 0) is 44.4 Å². The molecule has 0 aliphatic rings. The van der Waals surface area contributed by atoms with Crippen molar-refractivity contribution in [2.24, 2.45) is 0 Å². The first-order valence-corrected chi connectivity index (χ1v) is 8.15. The Morgan fingerprint density at radius 3 is 2.43 bits per heavy atom. The SMILES string of the molecule is COc1ccccc1[C@@H](CNC(=O)c1ccc(Br)cc1)N(C)C. The highest BCUT2D eigenvalue weighted by Crippen LogP contribution is 2.27. The van der Waals surface area contributed by atoms with Crippen molar-refractivity contribution in [2.75, 3.05) is 27.7 Å². The van der Waals surface area contributed by atoms with Crippen LogP contribution in [0.2, 0.25) is 0 Å². The van der Waals surface area contributed by atoms with Gasteiger partial charge in [-0.25, -0.2) is 0 Å². The number of likely N-dealkylation sites (N-methyl/N-ethyl adjacent to an activating group) is 1. The van der Waals surface area contributed by atoms with Gasteiger partial charge in [-0.1, -0.05) is 34.1 Å². The summed E-state index contributed by atoms with van der Waals surface area (Å²) >= 11 is 3.37. The lowest BCUT2D eigenvalue weighted by Gasteiger charge is -2.26. The number of methoxy groups -OCH3 is 1. The predicted octanol–water partition coefficient (Wildman–Crippen LogP) is 3.49. The van der Waals surface area contributed by atoms with Crippen LogP contribution in [0.4, 0.5) is 0 Å². The molecule has 0 fully saturated rings. The van der Waals surface area contributed by atoms with E-state index in [2.05, 4.69) is 26.1 Å². The summed E-state index contributed by atoms with van der Waals surface area (Å²) in [4.78, 5) is 14.4. The molecule has 1 amide bonds. The van der Waals surface area contributed by atoms with Gasteiger partial charge in [-0.2, -0.15) is 0 Å². The predicted molar refractivity (Wildman–Crippen MR) is 95.9 cm³/mol. The van der Waals surface area contributed by atoms with Crippen LogP contribution >= 0.6 is 15.9 Å². The lowest BCUT2D eigenvalue weighted by Crippen LogP contribution is -2.34. The summed E-state index contributed by atoms with van der Waals surface area (Å²) in [5.74, 6) is 0.739. The molecule has 0 aliphatic heterocycles. The number of rotatable bonds is 6. The highest BCUT2D eigenvalue weighted by Gasteiger charge is 2.19. The molecule has 0 saturated carbocycles. The second kappa shape index (κ2) is 8.13. The van der Waals surface area contributed by atoms with Crippen LogP contribution in [0.3, 0.4) is 0 Å². The van der Waals surface area contributed by atoms with Crippen LogP contribution in [-0.4, -0.2) is 38.6 Å². The van der Waals surface area contributed by atoms with Crippen molar-refractivity contribution in [2.45, 2.75) is 6.04 Å². The minimum Gasteiger partial charge on any atom is -0.496 e. The molecular formula is C18H21BrN2O2. The number of para-hydroxylation sites is 1. The molecule has 0 saturated heterocycles. The van der Waals surface area contributed by atoms with E-state index < -0.39 is 0 Å². The van der Waals surface area contributed by atoms with Gasteiger partial charge in [-0.3, -0.25) is 4.79 Å². The maximum absolute atomic E-state index is 12.3. The summed E-state index contributed by atoms with van der Waals surface area (Å²) in [5, 5.41) is 3.00. The zero-order chi connectivity index (χ0) is 16.8. The van der Waals surface area contributed by atoms with Crippen molar-refractivity contribution >= 4 is 21.8 Å². The third-order valence-electron chi connectivity index (χ3n) is 3.68. The van der Waals surface area contributed by atoms with Crippen molar-refractivity contribution in [3.05, 3.63) is 64.1 Å². The van der Waals surface area contributed by atoms with Gasteiger partial charge in [0.15, 0.2) is 0 Å². The molecule has 122 valence electrons. The lowest BCUT2D eigenvalue weighted by atomic mass is 10.0. The lowest BCUT2D eigenvalue weighted by molar-refractivity contribution is 0.0941. The molecule has 0 unspecified atom stereocenters. The second-order valence-corrected chi connectivity index (χ2v) is 6.35. The summed E-state index contributed by atoms with van der Waals surface area (Å²) in [7, 11) is 5.64. The number of nitrogens with one attached hydrogen (secondary N) is 1. The topological polar surface area (TPSA) is 41.6 Å². The Kier molecular flexibility index (Phi) is 6.19. The van der Waals surface area contributed by atoms with E-state index in [4.69, 9.17) is 4.74 Å². The molecular weight excluding hydrogens is 356 g/mol. The first-order chi connectivity index (χ1) is 11.0. The molecule has 2 aromatic rings. The monoisotopic (exact) mass is 376 g/mol. The number of halogens is 1. The van der Waals surface area contributed by atoms with Crippen LogP contribution in [0.5, 0.6) is 5.75 Å². The fourth-order valence-corrected chi connectivity index (χ4v) is 2.67. The molecule has 2 aromatic carbocycles. The highest BCUT2D eigenvalue weighted by molar-refractivity contribution is 9.10. The number of carbonyl (C=O) groups excluding carboxylic acids is 1. The van der Waals surface area contributed by atoms with Crippen molar-refractivity contribution in [3.8, 4) is 5.75 Å². The summed E-state index contributed by atoms with van der Waals surface area (Å²) < 4.78 is 6.39. The molecule has 0 aromatic heterocycles. The fourth-order valence-electron chi connectivity index (χ4n) is 2.41. The minimum atomic E-state index is -0.0840. The number of hydrogen-bond acceptors (Lipinski definition) is 3. The fraction of sp³-hybridized carbons (Fsp3) is 0.278. The van der Waals surface area contributed by atoms with E-state index in [-0.39, 0.29) is 11.9 Å². The van der Waals surface area contributed by atoms with Crippen LogP contribution in [0.25, 0.3) is 0 Å². The molecule has 1 N–H and O–H groups in total. The maximum atomic E-state index is 12.3. The minimum absolute atomic E-state index is 0.0329. The van der Waals surface area contributed by atoms with E-state index in [0.717, 1.165) is 15.8 Å². The zero-order valence-corrected chi connectivity index (χ0v) is 15.1. The number of nitrogens with zero attached hydrogens (tertiary/aromatic N) is 1. The van der Waals surface area contributed by atoms with Gasteiger partial charge in [0.05, 0.1) is 13.2 Å². The van der Waals surface area contributed by atoms with Crippen LogP contribution in [0.1, 0.15) is 22.0 Å². The third kappa shape index (κ3) is 4.56. The van der Waals surface area contributed by atoms with E-state index in [0.29, 0.717) is 12.1 Å². The summed E-state index contributed by atoms with van der Waals surface area (Å²) in [5.41, 5.74) is 1.70. The molecule has 4 nitrogen and oxygen atoms in total. The Hall–Kier alpha value is -1.85. The van der Waals surface area contributed by atoms with Gasteiger partial charge in [0.2, 0.25) is 0 Å². The van der Waals surface area contributed by atoms with Crippen LogP contribution < -0.4 is 10.1 Å². The van der Waals surface area contributed by atoms with Crippen molar-refractivity contribution < 1.29 is 9.53 Å². The van der Waals surface area contributed by atoms with Crippen LogP contribution in [0.15, 0.2) is 53.0 Å². The Morgan fingerprint density at radius 1 is 1.17 bits per heavy atom. The van der Waals surface area contributed by atoms with Crippen LogP contribution in [0, 0.1) is 0 Å². The molecule has 0 bridgehead atoms. The normalized spacial score (nSPS) is 12.0. The molecule has 23 heavy (non-hydrogen) atoms. The number of ether oxygens (including phenoxy) is 1. The Labute approximate surface area is 145 Å². The molecule has 2 rings (SSSR count). The molecule has 0 heterocycles. The van der Waals surface area contributed by atoms with Crippen LogP contribution in [-0.2, 0) is 0 Å². The summed E-state index contributed by atoms with van der Waals surface area (Å²) in [6.45, 7) is 0.502. The van der Waals surface area contributed by atoms with Gasteiger partial charge in [0, 0.05) is 22.1 Å². The molecule has 0 aliphatic carbocycles. The Morgan fingerprint density at radius 2 is 1.83 bits per heavy atom. The average molecular weight is 377 g/mol. The van der Waals surface area contributed by atoms with E-state index in [1.807, 2.05) is 50.5 Å². The Balaban J connectivity index is 2.11. The molecule has 0 radical (unpaired) electrons. The van der Waals surface area contributed by atoms with Gasteiger partial charge in [0.25, 0.3) is 5.91 Å². The van der Waals surface area contributed by atoms with Gasteiger partial charge in [0.1, 0.15) is 5.75 Å². The second-order valence-electron chi connectivity index (χ2n) is 5.44. The van der Waals surface area contributed by atoms with E-state index in [1.54, 1.807) is 19.2 Å². The quantitative estimate of drug-likeness (QED) is 0.838. The van der Waals surface area contributed by atoms with Gasteiger partial charge in [-0.15, -0.1) is 0 Å². The number of hydrogen-bond donors (Lipinski definition) is 1. The number of amides is 1. The van der Waals surface area contributed by atoms with E-state index in [1.165, 1.54) is 0 Å². The van der Waals surface area contributed by atoms with Gasteiger partial charge < -0.3 is 15.0 Å². The maximum Gasteiger partial charge on any atom is 0.251 e. The third-order valence-corrected chi connectivity index (χ3v) is 4.21. The molecule has 1 atom stereocenters. The summed E-state index contributed by atoms with van der Waals surface area (Å²) in [6.07, 6.45) is 0. The molecule has 0 spiro atoms. The smallest absolute Gasteiger partial charge is 0.251 e. The van der Waals surface area contributed by atoms with Gasteiger partial charge >= 0.3 is 0 Å². The van der Waals surface area contributed by atoms with Crippen molar-refractivity contribution in [3.63, 3.8) is 0 Å². The van der Waals surface area contributed by atoms with E-state index in [9.17, 15) is 4.79 Å². The summed E-state index contributed by atoms with van der Waals surface area (Å²) in [6, 6.07) is 15.2. The average Bonchev–Trinajstić information content (AvgIpc) is 2.55.